The summed E-state index contributed by atoms with van der Waals surface area (Å²) in [7, 11) is 0. The first-order valence-electron chi connectivity index (χ1n) is 11.7. The molecule has 3 aromatic rings. The first-order chi connectivity index (χ1) is 16.6. The van der Waals surface area contributed by atoms with Gasteiger partial charge in [-0.05, 0) is 72.5 Å². The SMILES string of the molecule is O=C(c1cccc(F)c1)N(CC(=O)N1CCc2sccc2C1COc1ccccc1)CC1CC1. The van der Waals surface area contributed by atoms with Crippen LogP contribution in [0.3, 0.4) is 0 Å². The first-order valence-corrected chi connectivity index (χ1v) is 12.5. The summed E-state index contributed by atoms with van der Waals surface area (Å²) in [5.41, 5.74) is 1.39. The standard InChI is InChI=1S/C27H27FN2O3S/c28-21-6-4-5-20(15-21)27(32)29(16-19-9-10-19)17-26(31)30-13-11-25-23(12-14-34-25)24(30)18-33-22-7-2-1-3-8-22/h1-8,12,14-15,19,24H,9-11,13,16-18H2. The zero-order chi connectivity index (χ0) is 23.5. The van der Waals surface area contributed by atoms with Crippen molar-refractivity contribution in [2.24, 2.45) is 5.92 Å². The molecule has 2 heterocycles. The van der Waals surface area contributed by atoms with Gasteiger partial charge in [0.1, 0.15) is 24.7 Å². The van der Waals surface area contributed by atoms with E-state index in [1.54, 1.807) is 22.3 Å². The van der Waals surface area contributed by atoms with Gasteiger partial charge in [-0.15, -0.1) is 11.3 Å². The molecule has 0 spiro atoms. The van der Waals surface area contributed by atoms with E-state index in [-0.39, 0.29) is 30.0 Å². The zero-order valence-electron chi connectivity index (χ0n) is 18.9. The molecule has 7 heteroatoms. The Hall–Kier alpha value is -3.19. The Morgan fingerprint density at radius 3 is 2.68 bits per heavy atom. The fourth-order valence-corrected chi connectivity index (χ4v) is 5.38. The summed E-state index contributed by atoms with van der Waals surface area (Å²) >= 11 is 1.71. The van der Waals surface area contributed by atoms with Crippen molar-refractivity contribution in [3.63, 3.8) is 0 Å². The number of thiophene rings is 1. The fourth-order valence-electron chi connectivity index (χ4n) is 4.46. The van der Waals surface area contributed by atoms with Gasteiger partial charge in [0, 0.05) is 23.5 Å². The van der Waals surface area contributed by atoms with E-state index in [1.807, 2.05) is 35.2 Å². The molecular weight excluding hydrogens is 451 g/mol. The van der Waals surface area contributed by atoms with Crippen LogP contribution in [0.15, 0.2) is 66.0 Å². The molecule has 1 atom stereocenters. The van der Waals surface area contributed by atoms with E-state index in [0.29, 0.717) is 25.6 Å². The van der Waals surface area contributed by atoms with Crippen LogP contribution >= 0.6 is 11.3 Å². The summed E-state index contributed by atoms with van der Waals surface area (Å²) in [6.45, 7) is 1.43. The van der Waals surface area contributed by atoms with E-state index < -0.39 is 5.82 Å². The van der Waals surface area contributed by atoms with Gasteiger partial charge >= 0.3 is 0 Å². The summed E-state index contributed by atoms with van der Waals surface area (Å²) in [5.74, 6) is 0.304. The third kappa shape index (κ3) is 5.14. The number of amides is 2. The Kier molecular flexibility index (Phi) is 6.63. The monoisotopic (exact) mass is 478 g/mol. The second kappa shape index (κ2) is 9.97. The van der Waals surface area contributed by atoms with Crippen LogP contribution in [0.5, 0.6) is 5.75 Å². The van der Waals surface area contributed by atoms with Crippen molar-refractivity contribution in [2.45, 2.75) is 25.3 Å². The Balaban J connectivity index is 1.34. The summed E-state index contributed by atoms with van der Waals surface area (Å²) in [5, 5.41) is 2.06. The van der Waals surface area contributed by atoms with Gasteiger partial charge in [-0.2, -0.15) is 0 Å². The van der Waals surface area contributed by atoms with Crippen molar-refractivity contribution < 1.29 is 18.7 Å². The molecule has 0 N–H and O–H groups in total. The van der Waals surface area contributed by atoms with Gasteiger partial charge in [-0.3, -0.25) is 9.59 Å². The molecule has 2 amide bonds. The fraction of sp³-hybridized carbons (Fsp3) is 0.333. The lowest BCUT2D eigenvalue weighted by atomic mass is 10.0. The van der Waals surface area contributed by atoms with Crippen LogP contribution in [-0.4, -0.2) is 47.9 Å². The number of ether oxygens (including phenoxy) is 1. The minimum atomic E-state index is -0.456. The lowest BCUT2D eigenvalue weighted by Gasteiger charge is -2.37. The molecule has 176 valence electrons. The topological polar surface area (TPSA) is 49.9 Å². The summed E-state index contributed by atoms with van der Waals surface area (Å²) in [4.78, 5) is 31.5. The molecule has 2 aromatic carbocycles. The minimum absolute atomic E-state index is 0.0207. The Labute approximate surface area is 202 Å². The highest BCUT2D eigenvalue weighted by Gasteiger charge is 2.35. The summed E-state index contributed by atoms with van der Waals surface area (Å²) < 4.78 is 19.8. The van der Waals surface area contributed by atoms with Crippen LogP contribution in [0.25, 0.3) is 0 Å². The van der Waals surface area contributed by atoms with Gasteiger partial charge in [0.05, 0.1) is 6.04 Å². The number of carbonyl (C=O) groups excluding carboxylic acids is 2. The maximum absolute atomic E-state index is 13.7. The number of rotatable bonds is 8. The number of carbonyl (C=O) groups is 2. The highest BCUT2D eigenvalue weighted by atomic mass is 32.1. The van der Waals surface area contributed by atoms with Crippen molar-refractivity contribution in [2.75, 3.05) is 26.2 Å². The van der Waals surface area contributed by atoms with E-state index in [4.69, 9.17) is 4.74 Å². The molecule has 5 rings (SSSR count). The lowest BCUT2D eigenvalue weighted by Crippen LogP contribution is -2.48. The Bertz CT molecular complexity index is 1160. The van der Waals surface area contributed by atoms with Gasteiger partial charge in [0.25, 0.3) is 5.91 Å². The molecular formula is C27H27FN2O3S. The molecule has 0 saturated heterocycles. The molecule has 1 aliphatic heterocycles. The summed E-state index contributed by atoms with van der Waals surface area (Å²) in [6, 6.07) is 17.1. The number of nitrogens with zero attached hydrogens (tertiary/aromatic N) is 2. The maximum Gasteiger partial charge on any atom is 0.254 e. The van der Waals surface area contributed by atoms with Crippen molar-refractivity contribution in [1.29, 1.82) is 0 Å². The van der Waals surface area contributed by atoms with Gasteiger partial charge < -0.3 is 14.5 Å². The average Bonchev–Trinajstić information content (AvgIpc) is 3.54. The number of halogens is 1. The van der Waals surface area contributed by atoms with E-state index in [9.17, 15) is 14.0 Å². The lowest BCUT2D eigenvalue weighted by molar-refractivity contribution is -0.135. The number of para-hydroxylation sites is 1. The van der Waals surface area contributed by atoms with Crippen molar-refractivity contribution in [1.82, 2.24) is 9.80 Å². The average molecular weight is 479 g/mol. The predicted octanol–water partition coefficient (Wildman–Crippen LogP) is 4.94. The summed E-state index contributed by atoms with van der Waals surface area (Å²) in [6.07, 6.45) is 2.90. The third-order valence-electron chi connectivity index (χ3n) is 6.43. The van der Waals surface area contributed by atoms with Crippen LogP contribution in [0.1, 0.15) is 39.7 Å². The van der Waals surface area contributed by atoms with Crippen LogP contribution in [-0.2, 0) is 11.2 Å². The number of hydrogen-bond acceptors (Lipinski definition) is 4. The molecule has 1 unspecified atom stereocenters. The van der Waals surface area contributed by atoms with Crippen molar-refractivity contribution >= 4 is 23.2 Å². The van der Waals surface area contributed by atoms with E-state index in [1.165, 1.54) is 23.1 Å². The first kappa shape index (κ1) is 22.6. The quantitative estimate of drug-likeness (QED) is 0.461. The number of fused-ring (bicyclic) bond motifs is 1. The molecule has 1 aliphatic carbocycles. The van der Waals surface area contributed by atoms with Crippen LogP contribution in [0.2, 0.25) is 0 Å². The highest BCUT2D eigenvalue weighted by Crippen LogP contribution is 2.35. The smallest absolute Gasteiger partial charge is 0.254 e. The Morgan fingerprint density at radius 2 is 1.91 bits per heavy atom. The maximum atomic E-state index is 13.7. The van der Waals surface area contributed by atoms with Gasteiger partial charge in [0.2, 0.25) is 5.91 Å². The number of benzene rings is 2. The largest absolute Gasteiger partial charge is 0.491 e. The molecule has 1 aromatic heterocycles. The molecule has 1 fully saturated rings. The minimum Gasteiger partial charge on any atom is -0.491 e. The van der Waals surface area contributed by atoms with Crippen LogP contribution in [0, 0.1) is 11.7 Å². The van der Waals surface area contributed by atoms with E-state index >= 15 is 0 Å². The normalized spacial score (nSPS) is 17.2. The van der Waals surface area contributed by atoms with E-state index in [2.05, 4.69) is 11.4 Å². The molecule has 0 bridgehead atoms. The molecule has 0 radical (unpaired) electrons. The number of hydrogen-bond donors (Lipinski definition) is 0. The van der Waals surface area contributed by atoms with Crippen LogP contribution < -0.4 is 4.74 Å². The van der Waals surface area contributed by atoms with Gasteiger partial charge in [-0.25, -0.2) is 4.39 Å². The molecule has 2 aliphatic rings. The highest BCUT2D eigenvalue weighted by molar-refractivity contribution is 7.10. The molecule has 34 heavy (non-hydrogen) atoms. The van der Waals surface area contributed by atoms with Crippen molar-refractivity contribution in [3.05, 3.63) is 87.9 Å². The van der Waals surface area contributed by atoms with E-state index in [0.717, 1.165) is 30.6 Å². The van der Waals surface area contributed by atoms with Gasteiger partial charge in [0.15, 0.2) is 0 Å². The Morgan fingerprint density at radius 1 is 1.09 bits per heavy atom. The second-order valence-electron chi connectivity index (χ2n) is 8.92. The van der Waals surface area contributed by atoms with Crippen molar-refractivity contribution in [3.8, 4) is 5.75 Å². The molecule has 5 nitrogen and oxygen atoms in total. The third-order valence-corrected chi connectivity index (χ3v) is 7.42. The van der Waals surface area contributed by atoms with Gasteiger partial charge in [-0.1, -0.05) is 24.3 Å². The van der Waals surface area contributed by atoms with Crippen LogP contribution in [0.4, 0.5) is 4.39 Å². The zero-order valence-corrected chi connectivity index (χ0v) is 19.7. The predicted molar refractivity (Wildman–Crippen MR) is 129 cm³/mol. The second-order valence-corrected chi connectivity index (χ2v) is 9.92. The molecule has 1 saturated carbocycles.